The van der Waals surface area contributed by atoms with E-state index >= 15 is 0 Å². The Bertz CT molecular complexity index is 1340. The van der Waals surface area contributed by atoms with Crippen molar-refractivity contribution >= 4 is 40.2 Å². The molecule has 0 atom stereocenters. The van der Waals surface area contributed by atoms with E-state index in [0.717, 1.165) is 22.9 Å². The zero-order valence-electron chi connectivity index (χ0n) is 19.8. The zero-order valence-corrected chi connectivity index (χ0v) is 19.8. The molecule has 1 aromatic carbocycles. The van der Waals surface area contributed by atoms with Crippen molar-refractivity contribution in [1.29, 1.82) is 5.41 Å². The lowest BCUT2D eigenvalue weighted by atomic mass is 10.0. The maximum absolute atomic E-state index is 13.3. The molecule has 9 nitrogen and oxygen atoms in total. The summed E-state index contributed by atoms with van der Waals surface area (Å²) in [5, 5.41) is 22.6. The molecule has 3 heterocycles. The fraction of sp³-hybridized carbons (Fsp3) is 0.333. The van der Waals surface area contributed by atoms with E-state index in [2.05, 4.69) is 30.8 Å². The van der Waals surface area contributed by atoms with E-state index in [4.69, 9.17) is 5.41 Å². The number of hydrogen-bond donors (Lipinski definition) is 3. The number of aliphatic imine (C=N–C) groups is 1. The number of alkyl halides is 3. The first kappa shape index (κ1) is 25.9. The van der Waals surface area contributed by atoms with Crippen molar-refractivity contribution in [3.8, 4) is 0 Å². The van der Waals surface area contributed by atoms with E-state index in [-0.39, 0.29) is 6.04 Å². The number of anilines is 2. The predicted octanol–water partition coefficient (Wildman–Crippen LogP) is 4.43. The number of nitrogens with one attached hydrogen (secondary N) is 3. The van der Waals surface area contributed by atoms with Crippen LogP contribution in [0.1, 0.15) is 30.5 Å². The minimum atomic E-state index is -4.81. The van der Waals surface area contributed by atoms with Crippen LogP contribution < -0.4 is 15.5 Å². The van der Waals surface area contributed by atoms with Gasteiger partial charge in [-0.25, -0.2) is 9.18 Å². The topological polar surface area (TPSA) is 119 Å². The molecule has 3 aromatic rings. The Hall–Kier alpha value is -4.16. The first-order valence-corrected chi connectivity index (χ1v) is 11.5. The molecule has 13 heteroatoms. The summed E-state index contributed by atoms with van der Waals surface area (Å²) in [5.41, 5.74) is -0.554. The second kappa shape index (κ2) is 10.8. The van der Waals surface area contributed by atoms with Crippen LogP contribution in [0.2, 0.25) is 0 Å². The number of halogens is 4. The maximum atomic E-state index is 13.3. The van der Waals surface area contributed by atoms with Crippen LogP contribution in [0.25, 0.3) is 10.8 Å². The number of urea groups is 1. The van der Waals surface area contributed by atoms with E-state index in [9.17, 15) is 22.4 Å². The highest BCUT2D eigenvalue weighted by atomic mass is 19.4. The number of amides is 2. The molecule has 1 aliphatic rings. The smallest absolute Gasteiger partial charge is 0.354 e. The molecule has 0 bridgehead atoms. The fourth-order valence-electron chi connectivity index (χ4n) is 4.26. The fourth-order valence-corrected chi connectivity index (χ4v) is 4.26. The molecule has 1 saturated heterocycles. The number of rotatable bonds is 6. The Morgan fingerprint density at radius 2 is 1.97 bits per heavy atom. The minimum Gasteiger partial charge on any atom is -0.354 e. The maximum Gasteiger partial charge on any atom is 0.418 e. The lowest BCUT2D eigenvalue weighted by Gasteiger charge is -2.33. The highest BCUT2D eigenvalue weighted by molar-refractivity contribution is 6.14. The van der Waals surface area contributed by atoms with Gasteiger partial charge in [-0.3, -0.25) is 9.98 Å². The van der Waals surface area contributed by atoms with Crippen molar-refractivity contribution < 1.29 is 22.4 Å². The molecule has 0 spiro atoms. The van der Waals surface area contributed by atoms with Gasteiger partial charge in [-0.2, -0.15) is 13.2 Å². The summed E-state index contributed by atoms with van der Waals surface area (Å²) in [5.74, 6) is -0.418. The van der Waals surface area contributed by atoms with Gasteiger partial charge in [-0.05, 0) is 37.1 Å². The number of aromatic nitrogens is 3. The highest BCUT2D eigenvalue weighted by Crippen LogP contribution is 2.35. The van der Waals surface area contributed by atoms with Crippen LogP contribution in [0.3, 0.4) is 0 Å². The zero-order chi connectivity index (χ0) is 26.6. The van der Waals surface area contributed by atoms with Crippen LogP contribution in [0, 0.1) is 11.2 Å². The van der Waals surface area contributed by atoms with Gasteiger partial charge in [0.05, 0.1) is 17.0 Å². The summed E-state index contributed by atoms with van der Waals surface area (Å²) in [7, 11) is 1.63. The van der Waals surface area contributed by atoms with E-state index < -0.39 is 29.3 Å². The van der Waals surface area contributed by atoms with E-state index in [0.29, 0.717) is 55.6 Å². The molecule has 1 aliphatic heterocycles. The molecule has 3 N–H and O–H groups in total. The predicted molar refractivity (Wildman–Crippen MR) is 132 cm³/mol. The van der Waals surface area contributed by atoms with Gasteiger partial charge in [0.1, 0.15) is 11.5 Å². The summed E-state index contributed by atoms with van der Waals surface area (Å²) in [6.07, 6.45) is 1.14. The molecule has 2 amide bonds. The van der Waals surface area contributed by atoms with Gasteiger partial charge in [-0.1, -0.05) is 0 Å². The van der Waals surface area contributed by atoms with Gasteiger partial charge in [0.2, 0.25) is 0 Å². The third-order valence-corrected chi connectivity index (χ3v) is 6.07. The van der Waals surface area contributed by atoms with Crippen molar-refractivity contribution in [1.82, 2.24) is 20.5 Å². The second-order valence-electron chi connectivity index (χ2n) is 8.42. The molecule has 0 radical (unpaired) electrons. The summed E-state index contributed by atoms with van der Waals surface area (Å²) in [6.45, 7) is 1.03. The van der Waals surface area contributed by atoms with Gasteiger partial charge >= 0.3 is 12.2 Å². The number of nitrogens with zero attached hydrogens (tertiary/aromatic N) is 5. The Labute approximate surface area is 209 Å². The molecule has 194 valence electrons. The van der Waals surface area contributed by atoms with Crippen LogP contribution in [0.15, 0.2) is 41.7 Å². The van der Waals surface area contributed by atoms with Crippen molar-refractivity contribution in [2.45, 2.75) is 31.5 Å². The lowest BCUT2D eigenvalue weighted by Crippen LogP contribution is -2.46. The summed E-state index contributed by atoms with van der Waals surface area (Å²) in [6, 6.07) is 2.83. The van der Waals surface area contributed by atoms with E-state index in [1.807, 2.05) is 11.0 Å². The van der Waals surface area contributed by atoms with Crippen molar-refractivity contribution in [2.24, 2.45) is 4.99 Å². The highest BCUT2D eigenvalue weighted by Gasteiger charge is 2.34. The second-order valence-corrected chi connectivity index (χ2v) is 8.42. The van der Waals surface area contributed by atoms with Crippen LogP contribution in [0.5, 0.6) is 0 Å². The Balaban J connectivity index is 1.44. The van der Waals surface area contributed by atoms with Crippen molar-refractivity contribution in [3.63, 3.8) is 0 Å². The molecular weight excluding hydrogens is 492 g/mol. The number of fused-ring (bicyclic) bond motifs is 1. The Morgan fingerprint density at radius 3 is 2.65 bits per heavy atom. The average molecular weight is 517 g/mol. The number of benzene rings is 1. The molecule has 0 unspecified atom stereocenters. The summed E-state index contributed by atoms with van der Waals surface area (Å²) < 4.78 is 52.9. The van der Waals surface area contributed by atoms with Crippen LogP contribution in [-0.2, 0) is 6.18 Å². The third kappa shape index (κ3) is 5.81. The quantitative estimate of drug-likeness (QED) is 0.331. The lowest BCUT2D eigenvalue weighted by molar-refractivity contribution is -0.137. The number of piperidine rings is 1. The molecule has 0 aliphatic carbocycles. The number of pyridine rings is 1. The van der Waals surface area contributed by atoms with Gasteiger partial charge in [-0.15, -0.1) is 10.2 Å². The minimum absolute atomic E-state index is 0.283. The molecule has 4 rings (SSSR count). The first-order valence-electron chi connectivity index (χ1n) is 11.5. The van der Waals surface area contributed by atoms with Gasteiger partial charge in [0.25, 0.3) is 0 Å². The van der Waals surface area contributed by atoms with Crippen LogP contribution >= 0.6 is 0 Å². The molecule has 0 saturated carbocycles. The molecule has 2 aromatic heterocycles. The summed E-state index contributed by atoms with van der Waals surface area (Å²) in [4.78, 5) is 22.9. The van der Waals surface area contributed by atoms with Gasteiger partial charge in [0.15, 0.2) is 5.82 Å². The number of carbonyl (C=O) groups excluding carboxylic acids is 1. The van der Waals surface area contributed by atoms with E-state index in [1.54, 1.807) is 19.4 Å². The van der Waals surface area contributed by atoms with Crippen LogP contribution in [-0.4, -0.2) is 59.3 Å². The molecule has 37 heavy (non-hydrogen) atoms. The standard InChI is InChI=1S/C24H24F4N8O/c1-30-20(4-8-29)21-16-5-9-31-13-17(16)22(35-34-21)36-10-6-15(7-11-36)32-23(37)33-19-3-2-14(25)12-18(19)24(26,27)28/h2-3,5,8-9,12-13,15,29H,4,6-7,10-11H2,1H3,(H2,32,33,37). The largest absolute Gasteiger partial charge is 0.418 e. The molecule has 1 fully saturated rings. The average Bonchev–Trinajstić information content (AvgIpc) is 2.88. The van der Waals surface area contributed by atoms with Crippen molar-refractivity contribution in [2.75, 3.05) is 30.4 Å². The Kier molecular flexibility index (Phi) is 7.60. The van der Waals surface area contributed by atoms with Gasteiger partial charge in [0, 0.05) is 62.0 Å². The summed E-state index contributed by atoms with van der Waals surface area (Å²) >= 11 is 0. The van der Waals surface area contributed by atoms with Gasteiger partial charge < -0.3 is 20.9 Å². The van der Waals surface area contributed by atoms with E-state index in [1.165, 1.54) is 6.21 Å². The number of hydrogen-bond acceptors (Lipinski definition) is 7. The van der Waals surface area contributed by atoms with Crippen molar-refractivity contribution in [3.05, 3.63) is 53.7 Å². The molecular formula is C24H24F4N8O. The third-order valence-electron chi connectivity index (χ3n) is 6.07. The SMILES string of the molecule is CN=C(CC=N)c1nnc(N2CCC(NC(=O)Nc3ccc(F)cc3C(F)(F)F)CC2)c2cnccc12. The first-order chi connectivity index (χ1) is 17.7. The number of carbonyl (C=O) groups is 1. The monoisotopic (exact) mass is 516 g/mol. The normalized spacial score (nSPS) is 15.1. The Morgan fingerprint density at radius 1 is 1.22 bits per heavy atom. The van der Waals surface area contributed by atoms with Crippen LogP contribution in [0.4, 0.5) is 33.9 Å².